The molecule has 1 aromatic heterocycles. The van der Waals surface area contributed by atoms with Crippen LogP contribution in [-0.4, -0.2) is 39.8 Å². The van der Waals surface area contributed by atoms with E-state index >= 15 is 0 Å². The predicted octanol–water partition coefficient (Wildman–Crippen LogP) is 3.60. The SMILES string of the molecule is COc1ccc([N+](=O)[O-])cc1NC(=O)C(C)OC(=O)c1nn(-c2ccc(F)cc2)c2c1CCC2. The second-order valence-corrected chi connectivity index (χ2v) is 7.69. The van der Waals surface area contributed by atoms with E-state index in [1.807, 2.05) is 0 Å². The number of aromatic nitrogens is 2. The Kier molecular flexibility index (Phi) is 6.26. The lowest BCUT2D eigenvalue weighted by Gasteiger charge is -2.15. The van der Waals surface area contributed by atoms with Crippen molar-refractivity contribution >= 4 is 23.3 Å². The molecule has 1 aliphatic carbocycles. The van der Waals surface area contributed by atoms with Crippen LogP contribution in [0.4, 0.5) is 15.8 Å². The number of fused-ring (bicyclic) bond motifs is 1. The van der Waals surface area contributed by atoms with Gasteiger partial charge in [0.1, 0.15) is 11.6 Å². The van der Waals surface area contributed by atoms with Crippen molar-refractivity contribution in [3.63, 3.8) is 0 Å². The minimum atomic E-state index is -1.22. The summed E-state index contributed by atoms with van der Waals surface area (Å²) in [6.07, 6.45) is 0.948. The van der Waals surface area contributed by atoms with Crippen LogP contribution >= 0.6 is 0 Å². The highest BCUT2D eigenvalue weighted by Gasteiger charge is 2.30. The van der Waals surface area contributed by atoms with Crippen LogP contribution in [0, 0.1) is 15.9 Å². The molecule has 1 heterocycles. The van der Waals surface area contributed by atoms with Gasteiger partial charge in [-0.1, -0.05) is 0 Å². The van der Waals surface area contributed by atoms with Gasteiger partial charge in [-0.05, 0) is 56.5 Å². The van der Waals surface area contributed by atoms with Crippen molar-refractivity contribution in [2.45, 2.75) is 32.3 Å². The molecule has 2 aromatic carbocycles. The average Bonchev–Trinajstić information content (AvgIpc) is 3.42. The summed E-state index contributed by atoms with van der Waals surface area (Å²) in [7, 11) is 1.36. The molecule has 1 N–H and O–H groups in total. The Labute approximate surface area is 193 Å². The average molecular weight is 468 g/mol. The Hall–Kier alpha value is -4.28. The van der Waals surface area contributed by atoms with Crippen molar-refractivity contribution in [2.24, 2.45) is 0 Å². The monoisotopic (exact) mass is 468 g/mol. The van der Waals surface area contributed by atoms with Gasteiger partial charge in [0, 0.05) is 23.4 Å². The molecule has 1 aliphatic rings. The summed E-state index contributed by atoms with van der Waals surface area (Å²) in [5.74, 6) is -1.63. The van der Waals surface area contributed by atoms with Gasteiger partial charge in [0.25, 0.3) is 11.6 Å². The first-order valence-corrected chi connectivity index (χ1v) is 10.5. The molecule has 4 rings (SSSR count). The normalized spacial score (nSPS) is 13.1. The molecule has 176 valence electrons. The Morgan fingerprint density at radius 1 is 1.21 bits per heavy atom. The van der Waals surface area contributed by atoms with Crippen LogP contribution < -0.4 is 10.1 Å². The van der Waals surface area contributed by atoms with Crippen molar-refractivity contribution in [3.8, 4) is 11.4 Å². The third kappa shape index (κ3) is 4.45. The van der Waals surface area contributed by atoms with E-state index < -0.39 is 22.9 Å². The van der Waals surface area contributed by atoms with Gasteiger partial charge in [0.2, 0.25) is 0 Å². The predicted molar refractivity (Wildman–Crippen MR) is 119 cm³/mol. The van der Waals surface area contributed by atoms with E-state index in [4.69, 9.17) is 9.47 Å². The summed E-state index contributed by atoms with van der Waals surface area (Å²) in [5.41, 5.74) is 2.14. The summed E-state index contributed by atoms with van der Waals surface area (Å²) in [6, 6.07) is 9.52. The zero-order valence-corrected chi connectivity index (χ0v) is 18.4. The molecule has 0 bridgehead atoms. The molecule has 0 saturated carbocycles. The lowest BCUT2D eigenvalue weighted by molar-refractivity contribution is -0.384. The highest BCUT2D eigenvalue weighted by Crippen LogP contribution is 2.30. The van der Waals surface area contributed by atoms with Gasteiger partial charge < -0.3 is 14.8 Å². The Morgan fingerprint density at radius 3 is 2.62 bits per heavy atom. The number of nitro groups is 1. The van der Waals surface area contributed by atoms with E-state index in [-0.39, 0.29) is 28.6 Å². The zero-order chi connectivity index (χ0) is 24.4. The molecule has 1 atom stereocenters. The van der Waals surface area contributed by atoms with E-state index in [0.29, 0.717) is 18.5 Å². The number of hydrogen-bond donors (Lipinski definition) is 1. The number of halogens is 1. The highest BCUT2D eigenvalue weighted by atomic mass is 19.1. The number of ether oxygens (including phenoxy) is 2. The van der Waals surface area contributed by atoms with Crippen molar-refractivity contribution < 1.29 is 28.4 Å². The molecular weight excluding hydrogens is 447 g/mol. The van der Waals surface area contributed by atoms with Crippen molar-refractivity contribution in [1.29, 1.82) is 0 Å². The van der Waals surface area contributed by atoms with E-state index in [1.54, 1.807) is 16.8 Å². The molecule has 34 heavy (non-hydrogen) atoms. The number of esters is 1. The second kappa shape index (κ2) is 9.30. The molecule has 1 amide bonds. The van der Waals surface area contributed by atoms with Gasteiger partial charge in [-0.2, -0.15) is 5.10 Å². The number of nitrogens with zero attached hydrogens (tertiary/aromatic N) is 3. The van der Waals surface area contributed by atoms with Gasteiger partial charge >= 0.3 is 5.97 Å². The van der Waals surface area contributed by atoms with E-state index in [1.165, 1.54) is 38.3 Å². The minimum absolute atomic E-state index is 0.0751. The van der Waals surface area contributed by atoms with Gasteiger partial charge in [0.05, 0.1) is 23.4 Å². The molecular formula is C23H21FN4O6. The number of hydrogen-bond acceptors (Lipinski definition) is 7. The Morgan fingerprint density at radius 2 is 1.94 bits per heavy atom. The molecule has 0 radical (unpaired) electrons. The number of amides is 1. The molecule has 10 nitrogen and oxygen atoms in total. The molecule has 3 aromatic rings. The lowest BCUT2D eigenvalue weighted by Crippen LogP contribution is -2.30. The van der Waals surface area contributed by atoms with Crippen molar-refractivity contribution in [2.75, 3.05) is 12.4 Å². The largest absolute Gasteiger partial charge is 0.495 e. The fraction of sp³-hybridized carbons (Fsp3) is 0.261. The zero-order valence-electron chi connectivity index (χ0n) is 18.4. The molecule has 11 heteroatoms. The number of nitrogens with one attached hydrogen (secondary N) is 1. The van der Waals surface area contributed by atoms with Crippen LogP contribution in [0.5, 0.6) is 5.75 Å². The van der Waals surface area contributed by atoms with Gasteiger partial charge in [0.15, 0.2) is 11.8 Å². The highest BCUT2D eigenvalue weighted by molar-refractivity contribution is 5.98. The van der Waals surface area contributed by atoms with E-state index in [9.17, 15) is 24.1 Å². The van der Waals surface area contributed by atoms with Gasteiger partial charge in [-0.3, -0.25) is 14.9 Å². The summed E-state index contributed by atoms with van der Waals surface area (Å²) in [4.78, 5) is 36.0. The van der Waals surface area contributed by atoms with Crippen LogP contribution in [0.15, 0.2) is 42.5 Å². The third-order valence-corrected chi connectivity index (χ3v) is 5.50. The number of non-ortho nitro benzene ring substituents is 1. The first kappa shape index (κ1) is 22.9. The first-order valence-electron chi connectivity index (χ1n) is 10.5. The van der Waals surface area contributed by atoms with Gasteiger partial charge in [-0.15, -0.1) is 0 Å². The minimum Gasteiger partial charge on any atom is -0.495 e. The van der Waals surface area contributed by atoms with Crippen LogP contribution in [0.1, 0.15) is 35.1 Å². The molecule has 0 saturated heterocycles. The molecule has 1 unspecified atom stereocenters. The summed E-state index contributed by atoms with van der Waals surface area (Å²) in [5, 5.41) is 17.9. The standard InChI is InChI=1S/C23H21FN4O6/c1-13(22(29)25-18-12-16(28(31)32)10-11-20(18)33-2)34-23(30)21-17-4-3-5-19(17)27(26-21)15-8-6-14(24)7-9-15/h6-13H,3-5H2,1-2H3,(H,25,29). The number of carbonyl (C=O) groups excluding carboxylic acids is 2. The lowest BCUT2D eigenvalue weighted by atomic mass is 10.2. The van der Waals surface area contributed by atoms with Crippen molar-refractivity contribution in [3.05, 3.63) is 75.3 Å². The molecule has 0 fully saturated rings. The van der Waals surface area contributed by atoms with E-state index in [0.717, 1.165) is 23.7 Å². The maximum atomic E-state index is 13.3. The maximum Gasteiger partial charge on any atom is 0.359 e. The maximum absolute atomic E-state index is 13.3. The number of benzene rings is 2. The van der Waals surface area contributed by atoms with Crippen LogP contribution in [-0.2, 0) is 22.4 Å². The van der Waals surface area contributed by atoms with Crippen LogP contribution in [0.25, 0.3) is 5.69 Å². The molecule has 0 aliphatic heterocycles. The van der Waals surface area contributed by atoms with Crippen LogP contribution in [0.3, 0.4) is 0 Å². The number of anilines is 1. The fourth-order valence-corrected chi connectivity index (χ4v) is 3.81. The number of carbonyl (C=O) groups is 2. The Bertz CT molecular complexity index is 1270. The summed E-state index contributed by atoms with van der Waals surface area (Å²) in [6.45, 7) is 1.38. The van der Waals surface area contributed by atoms with Gasteiger partial charge in [-0.25, -0.2) is 13.9 Å². The number of methoxy groups -OCH3 is 1. The summed E-state index contributed by atoms with van der Waals surface area (Å²) < 4.78 is 25.4. The van der Waals surface area contributed by atoms with Crippen molar-refractivity contribution in [1.82, 2.24) is 9.78 Å². The molecule has 0 spiro atoms. The topological polar surface area (TPSA) is 126 Å². The fourth-order valence-electron chi connectivity index (χ4n) is 3.81. The summed E-state index contributed by atoms with van der Waals surface area (Å²) >= 11 is 0. The quantitative estimate of drug-likeness (QED) is 0.319. The number of nitro benzene ring substituents is 1. The number of rotatable bonds is 7. The second-order valence-electron chi connectivity index (χ2n) is 7.69. The first-order chi connectivity index (χ1) is 16.3. The third-order valence-electron chi connectivity index (χ3n) is 5.50. The van der Waals surface area contributed by atoms with E-state index in [2.05, 4.69) is 10.4 Å². The Balaban J connectivity index is 1.52. The smallest absolute Gasteiger partial charge is 0.359 e. The van der Waals surface area contributed by atoms with Crippen LogP contribution in [0.2, 0.25) is 0 Å².